The van der Waals surface area contributed by atoms with Gasteiger partial charge in [0, 0.05) is 31.1 Å². The molecule has 1 saturated carbocycles. The summed E-state index contributed by atoms with van der Waals surface area (Å²) in [5.41, 5.74) is 0.963. The maximum absolute atomic E-state index is 11.5. The number of methoxy groups -OCH3 is 2. The van der Waals surface area contributed by atoms with Gasteiger partial charge in [-0.25, -0.2) is 23.1 Å². The molecule has 9 heteroatoms. The molecule has 29 heavy (non-hydrogen) atoms. The molecule has 2 fully saturated rings. The summed E-state index contributed by atoms with van der Waals surface area (Å²) in [4.78, 5) is 11.3. The topological polar surface area (TPSA) is 93.7 Å². The Kier molecular flexibility index (Phi) is 5.29. The van der Waals surface area contributed by atoms with Crippen LogP contribution < -0.4 is 19.1 Å². The molecule has 1 aromatic heterocycles. The average Bonchev–Trinajstić information content (AvgIpc) is 3.51. The molecule has 2 aliphatic rings. The van der Waals surface area contributed by atoms with Crippen molar-refractivity contribution in [1.82, 2.24) is 14.7 Å². The lowest BCUT2D eigenvalue weighted by atomic mass is 9.81. The molecule has 0 amide bonds. The highest BCUT2D eigenvalue weighted by atomic mass is 32.2. The first-order chi connectivity index (χ1) is 13.8. The molecule has 1 aliphatic carbocycles. The lowest BCUT2D eigenvalue weighted by Crippen LogP contribution is -2.41. The summed E-state index contributed by atoms with van der Waals surface area (Å²) in [7, 11) is 0.0914. The Morgan fingerprint density at radius 3 is 2.38 bits per heavy atom. The second-order valence-electron chi connectivity index (χ2n) is 8.14. The monoisotopic (exact) mass is 420 g/mol. The minimum absolute atomic E-state index is 0.138. The Balaban J connectivity index is 1.51. The second-order valence-corrected chi connectivity index (χ2v) is 9.97. The summed E-state index contributed by atoms with van der Waals surface area (Å²) in [5.74, 6) is 2.76. The number of anilines is 1. The average molecular weight is 421 g/mol. The highest BCUT2D eigenvalue weighted by Crippen LogP contribution is 2.55. The minimum Gasteiger partial charge on any atom is -0.493 e. The molecule has 1 aromatic carbocycles. The van der Waals surface area contributed by atoms with E-state index in [1.54, 1.807) is 20.5 Å². The smallest absolute Gasteiger partial charge is 0.208 e. The fourth-order valence-corrected chi connectivity index (χ4v) is 5.04. The van der Waals surface area contributed by atoms with Crippen molar-refractivity contribution in [3.63, 3.8) is 0 Å². The molecule has 4 rings (SSSR count). The molecule has 0 unspecified atom stereocenters. The van der Waals surface area contributed by atoms with Gasteiger partial charge in [0.1, 0.15) is 12.1 Å². The molecular weight excluding hydrogens is 392 g/mol. The largest absolute Gasteiger partial charge is 0.493 e. The molecular formula is C20H28N4O4S. The van der Waals surface area contributed by atoms with Crippen molar-refractivity contribution in [1.29, 1.82) is 0 Å². The van der Waals surface area contributed by atoms with Crippen LogP contribution in [-0.2, 0) is 10.0 Å². The van der Waals surface area contributed by atoms with Crippen LogP contribution in [0.2, 0.25) is 0 Å². The van der Waals surface area contributed by atoms with E-state index in [9.17, 15) is 8.42 Å². The summed E-state index contributed by atoms with van der Waals surface area (Å²) in [6, 6.07) is 3.82. The predicted octanol–water partition coefficient (Wildman–Crippen LogP) is 2.19. The summed E-state index contributed by atoms with van der Waals surface area (Å²) in [5, 5.41) is 0.948. The highest BCUT2D eigenvalue weighted by molar-refractivity contribution is 7.88. The van der Waals surface area contributed by atoms with Crippen LogP contribution in [0, 0.1) is 11.3 Å². The minimum atomic E-state index is -3.15. The van der Waals surface area contributed by atoms with Crippen molar-refractivity contribution in [2.75, 3.05) is 45.0 Å². The van der Waals surface area contributed by atoms with Crippen LogP contribution >= 0.6 is 0 Å². The van der Waals surface area contributed by atoms with Gasteiger partial charge in [0.2, 0.25) is 10.0 Å². The van der Waals surface area contributed by atoms with Gasteiger partial charge < -0.3 is 14.4 Å². The standard InChI is InChI=1S/C20H28N4O4S/c1-27-17-10-15-16(11-18(17)28-2)21-13-22-19(15)24-8-4-14(5-9-24)20(6-7-20)12-23-29(3,25)26/h10-11,13-14,23H,4-9,12H2,1-3H3. The van der Waals surface area contributed by atoms with Gasteiger partial charge in [0.25, 0.3) is 0 Å². The van der Waals surface area contributed by atoms with Gasteiger partial charge in [-0.05, 0) is 43.1 Å². The van der Waals surface area contributed by atoms with Gasteiger partial charge in [-0.1, -0.05) is 0 Å². The number of piperidine rings is 1. The molecule has 0 spiro atoms. The fraction of sp³-hybridized carbons (Fsp3) is 0.600. The van der Waals surface area contributed by atoms with Crippen molar-refractivity contribution in [3.8, 4) is 11.5 Å². The number of hydrogen-bond acceptors (Lipinski definition) is 7. The zero-order chi connectivity index (χ0) is 20.6. The molecule has 1 N–H and O–H groups in total. The number of rotatable bonds is 7. The van der Waals surface area contributed by atoms with Crippen LogP contribution in [0.15, 0.2) is 18.5 Å². The van der Waals surface area contributed by atoms with Crippen LogP contribution in [0.3, 0.4) is 0 Å². The van der Waals surface area contributed by atoms with Gasteiger partial charge >= 0.3 is 0 Å². The van der Waals surface area contributed by atoms with Gasteiger partial charge in [-0.3, -0.25) is 0 Å². The Bertz CT molecular complexity index is 999. The van der Waals surface area contributed by atoms with Crippen molar-refractivity contribution < 1.29 is 17.9 Å². The van der Waals surface area contributed by atoms with E-state index in [2.05, 4.69) is 19.6 Å². The number of hydrogen-bond donors (Lipinski definition) is 1. The zero-order valence-corrected chi connectivity index (χ0v) is 18.0. The molecule has 158 valence electrons. The summed E-state index contributed by atoms with van der Waals surface area (Å²) in [6.45, 7) is 2.35. The van der Waals surface area contributed by atoms with Gasteiger partial charge in [-0.2, -0.15) is 0 Å². The number of nitrogens with one attached hydrogen (secondary N) is 1. The normalized spacial score (nSPS) is 19.3. The Labute approximate surface area is 171 Å². The van der Waals surface area contributed by atoms with Gasteiger partial charge in [-0.15, -0.1) is 0 Å². The van der Waals surface area contributed by atoms with Crippen LogP contribution in [0.4, 0.5) is 5.82 Å². The number of benzene rings is 1. The number of sulfonamides is 1. The molecule has 8 nitrogen and oxygen atoms in total. The number of ether oxygens (including phenoxy) is 2. The van der Waals surface area contributed by atoms with Gasteiger partial charge in [0.15, 0.2) is 11.5 Å². The van der Waals surface area contributed by atoms with Crippen LogP contribution in [0.1, 0.15) is 25.7 Å². The van der Waals surface area contributed by atoms with E-state index in [0.29, 0.717) is 24.0 Å². The maximum Gasteiger partial charge on any atom is 0.208 e. The van der Waals surface area contributed by atoms with E-state index in [1.165, 1.54) is 6.26 Å². The molecule has 0 bridgehead atoms. The molecule has 1 aliphatic heterocycles. The van der Waals surface area contributed by atoms with Crippen molar-refractivity contribution >= 4 is 26.7 Å². The lowest BCUT2D eigenvalue weighted by Gasteiger charge is -2.37. The fourth-order valence-electron chi connectivity index (χ4n) is 4.49. The van der Waals surface area contributed by atoms with Crippen LogP contribution in [-0.4, -0.2) is 58.5 Å². The molecule has 2 aromatic rings. The first kappa shape index (κ1) is 20.2. The Morgan fingerprint density at radius 2 is 1.79 bits per heavy atom. The van der Waals surface area contributed by atoms with E-state index in [-0.39, 0.29) is 5.41 Å². The summed E-state index contributed by atoms with van der Waals surface area (Å²) >= 11 is 0. The van der Waals surface area contributed by atoms with Crippen LogP contribution in [0.5, 0.6) is 11.5 Å². The summed E-state index contributed by atoms with van der Waals surface area (Å²) in [6.07, 6.45) is 7.10. The number of fused-ring (bicyclic) bond motifs is 1. The Hall–Kier alpha value is -2.13. The Morgan fingerprint density at radius 1 is 1.14 bits per heavy atom. The predicted molar refractivity (Wildman–Crippen MR) is 112 cm³/mol. The van der Waals surface area contributed by atoms with E-state index in [4.69, 9.17) is 9.47 Å². The van der Waals surface area contributed by atoms with Crippen molar-refractivity contribution in [2.45, 2.75) is 25.7 Å². The third-order valence-corrected chi connectivity index (χ3v) is 7.03. The number of nitrogens with zero attached hydrogens (tertiary/aromatic N) is 3. The van der Waals surface area contributed by atoms with Crippen molar-refractivity contribution in [2.24, 2.45) is 11.3 Å². The third kappa shape index (κ3) is 4.11. The van der Waals surface area contributed by atoms with E-state index in [0.717, 1.165) is 55.5 Å². The first-order valence-electron chi connectivity index (χ1n) is 9.91. The lowest BCUT2D eigenvalue weighted by molar-refractivity contribution is 0.253. The molecule has 2 heterocycles. The SMILES string of the molecule is COc1cc2ncnc(N3CCC(C4(CNS(C)(=O)=O)CC4)CC3)c2cc1OC. The van der Waals surface area contributed by atoms with E-state index >= 15 is 0 Å². The van der Waals surface area contributed by atoms with E-state index < -0.39 is 10.0 Å². The molecule has 0 atom stereocenters. The van der Waals surface area contributed by atoms with Crippen molar-refractivity contribution in [3.05, 3.63) is 18.5 Å². The number of aromatic nitrogens is 2. The van der Waals surface area contributed by atoms with Gasteiger partial charge in [0.05, 0.1) is 26.0 Å². The molecule has 0 radical (unpaired) electrons. The first-order valence-corrected chi connectivity index (χ1v) is 11.8. The highest BCUT2D eigenvalue weighted by Gasteiger charge is 2.49. The quantitative estimate of drug-likeness (QED) is 0.734. The second kappa shape index (κ2) is 7.60. The molecule has 1 saturated heterocycles. The summed E-state index contributed by atoms with van der Waals surface area (Å²) < 4.78 is 36.6. The van der Waals surface area contributed by atoms with Crippen LogP contribution in [0.25, 0.3) is 10.9 Å². The van der Waals surface area contributed by atoms with E-state index in [1.807, 2.05) is 12.1 Å². The third-order valence-electron chi connectivity index (χ3n) is 6.36. The zero-order valence-electron chi connectivity index (χ0n) is 17.1. The maximum atomic E-state index is 11.5.